The molecular weight excluding hydrogens is 232 g/mol. The molecule has 0 aliphatic carbocycles. The van der Waals surface area contributed by atoms with Crippen molar-refractivity contribution in [3.05, 3.63) is 57.8 Å². The molecule has 1 aromatic carbocycles. The van der Waals surface area contributed by atoms with Crippen molar-refractivity contribution in [1.29, 1.82) is 0 Å². The molecule has 1 atom stereocenters. The van der Waals surface area contributed by atoms with Crippen LogP contribution in [0.25, 0.3) is 0 Å². The van der Waals surface area contributed by atoms with Gasteiger partial charge < -0.3 is 5.11 Å². The SMILES string of the molecule is Cc1ccccc1C(Cc1cccs1)C(=O)O. The molecule has 0 amide bonds. The molecule has 2 rings (SSSR count). The summed E-state index contributed by atoms with van der Waals surface area (Å²) in [6.07, 6.45) is 0.567. The number of hydrogen-bond acceptors (Lipinski definition) is 2. The Bertz CT molecular complexity index is 503. The molecular formula is C14H14O2S. The van der Waals surface area contributed by atoms with Crippen molar-refractivity contribution in [2.75, 3.05) is 0 Å². The number of thiophene rings is 1. The van der Waals surface area contributed by atoms with Crippen LogP contribution in [0.3, 0.4) is 0 Å². The van der Waals surface area contributed by atoms with Gasteiger partial charge in [-0.3, -0.25) is 4.79 Å². The van der Waals surface area contributed by atoms with Gasteiger partial charge in [0.2, 0.25) is 0 Å². The minimum atomic E-state index is -0.757. The normalized spacial score (nSPS) is 12.3. The van der Waals surface area contributed by atoms with Gasteiger partial charge in [-0.1, -0.05) is 30.3 Å². The zero-order valence-electron chi connectivity index (χ0n) is 9.59. The number of carboxylic acids is 1. The first-order valence-electron chi connectivity index (χ1n) is 5.49. The highest BCUT2D eigenvalue weighted by Crippen LogP contribution is 2.26. The van der Waals surface area contributed by atoms with Gasteiger partial charge in [0.25, 0.3) is 0 Å². The molecule has 0 saturated heterocycles. The van der Waals surface area contributed by atoms with E-state index in [4.69, 9.17) is 0 Å². The number of carboxylic acid groups (broad SMARTS) is 1. The molecule has 0 spiro atoms. The molecule has 0 aliphatic heterocycles. The van der Waals surface area contributed by atoms with E-state index in [1.807, 2.05) is 48.7 Å². The average molecular weight is 246 g/mol. The Hall–Kier alpha value is -1.61. The highest BCUT2D eigenvalue weighted by atomic mass is 32.1. The molecule has 1 unspecified atom stereocenters. The molecule has 3 heteroatoms. The van der Waals surface area contributed by atoms with E-state index in [0.717, 1.165) is 16.0 Å². The third kappa shape index (κ3) is 2.74. The number of rotatable bonds is 4. The predicted octanol–water partition coefficient (Wildman–Crippen LogP) is 3.47. The summed E-state index contributed by atoms with van der Waals surface area (Å²) in [7, 11) is 0. The Morgan fingerprint density at radius 3 is 2.65 bits per heavy atom. The highest BCUT2D eigenvalue weighted by molar-refractivity contribution is 7.09. The third-order valence-electron chi connectivity index (χ3n) is 2.85. The van der Waals surface area contributed by atoms with Gasteiger partial charge >= 0.3 is 5.97 Å². The number of hydrogen-bond donors (Lipinski definition) is 1. The van der Waals surface area contributed by atoms with Gasteiger partial charge in [-0.2, -0.15) is 0 Å². The summed E-state index contributed by atoms with van der Waals surface area (Å²) in [4.78, 5) is 12.5. The van der Waals surface area contributed by atoms with Crippen molar-refractivity contribution >= 4 is 17.3 Å². The fraction of sp³-hybridized carbons (Fsp3) is 0.214. The topological polar surface area (TPSA) is 37.3 Å². The van der Waals surface area contributed by atoms with Crippen molar-refractivity contribution in [2.45, 2.75) is 19.3 Å². The molecule has 1 aromatic heterocycles. The van der Waals surface area contributed by atoms with Gasteiger partial charge in [-0.25, -0.2) is 0 Å². The Kier molecular flexibility index (Phi) is 3.59. The summed E-state index contributed by atoms with van der Waals surface area (Å²) in [5.41, 5.74) is 1.95. The van der Waals surface area contributed by atoms with Gasteiger partial charge in [0.05, 0.1) is 5.92 Å². The Labute approximate surface area is 105 Å². The number of aryl methyl sites for hydroxylation is 1. The number of benzene rings is 1. The van der Waals surface area contributed by atoms with Gasteiger partial charge in [0.1, 0.15) is 0 Å². The molecule has 88 valence electrons. The van der Waals surface area contributed by atoms with Crippen LogP contribution in [0.4, 0.5) is 0 Å². The van der Waals surface area contributed by atoms with Gasteiger partial charge in [0, 0.05) is 4.88 Å². The van der Waals surface area contributed by atoms with E-state index in [9.17, 15) is 9.90 Å². The lowest BCUT2D eigenvalue weighted by molar-refractivity contribution is -0.138. The first kappa shape index (κ1) is 11.9. The van der Waals surface area contributed by atoms with E-state index in [1.165, 1.54) is 0 Å². The smallest absolute Gasteiger partial charge is 0.311 e. The van der Waals surface area contributed by atoms with Crippen molar-refractivity contribution in [3.8, 4) is 0 Å². The largest absolute Gasteiger partial charge is 0.481 e. The number of aliphatic carboxylic acids is 1. The zero-order valence-corrected chi connectivity index (χ0v) is 10.4. The van der Waals surface area contributed by atoms with Crippen LogP contribution in [0.1, 0.15) is 21.9 Å². The molecule has 0 saturated carbocycles. The van der Waals surface area contributed by atoms with E-state index in [2.05, 4.69) is 0 Å². The summed E-state index contributed by atoms with van der Waals surface area (Å²) in [6, 6.07) is 11.6. The van der Waals surface area contributed by atoms with Crippen molar-refractivity contribution in [1.82, 2.24) is 0 Å². The summed E-state index contributed by atoms with van der Waals surface area (Å²) in [5.74, 6) is -1.21. The molecule has 2 nitrogen and oxygen atoms in total. The first-order chi connectivity index (χ1) is 8.18. The summed E-state index contributed by atoms with van der Waals surface area (Å²) < 4.78 is 0. The molecule has 17 heavy (non-hydrogen) atoms. The lowest BCUT2D eigenvalue weighted by Crippen LogP contribution is -2.15. The minimum absolute atomic E-state index is 0.449. The summed E-state index contributed by atoms with van der Waals surface area (Å²) in [5, 5.41) is 11.3. The van der Waals surface area contributed by atoms with E-state index >= 15 is 0 Å². The van der Waals surface area contributed by atoms with Gasteiger partial charge in [-0.15, -0.1) is 11.3 Å². The van der Waals surface area contributed by atoms with Crippen LogP contribution in [0.5, 0.6) is 0 Å². The minimum Gasteiger partial charge on any atom is -0.481 e. The van der Waals surface area contributed by atoms with Crippen LogP contribution in [0.2, 0.25) is 0 Å². The fourth-order valence-corrected chi connectivity index (χ4v) is 2.69. The van der Waals surface area contributed by atoms with E-state index in [0.29, 0.717) is 6.42 Å². The Balaban J connectivity index is 2.30. The average Bonchev–Trinajstić information content (AvgIpc) is 2.79. The van der Waals surface area contributed by atoms with Crippen LogP contribution in [0.15, 0.2) is 41.8 Å². The van der Waals surface area contributed by atoms with Crippen LogP contribution in [-0.4, -0.2) is 11.1 Å². The number of carbonyl (C=O) groups is 1. The molecule has 0 radical (unpaired) electrons. The van der Waals surface area contributed by atoms with Crippen LogP contribution in [0, 0.1) is 6.92 Å². The molecule has 1 heterocycles. The summed E-state index contributed by atoms with van der Waals surface area (Å²) >= 11 is 1.61. The van der Waals surface area contributed by atoms with Crippen LogP contribution in [-0.2, 0) is 11.2 Å². The quantitative estimate of drug-likeness (QED) is 0.897. The zero-order chi connectivity index (χ0) is 12.3. The predicted molar refractivity (Wildman–Crippen MR) is 69.6 cm³/mol. The van der Waals surface area contributed by atoms with Crippen LogP contribution < -0.4 is 0 Å². The van der Waals surface area contributed by atoms with Crippen LogP contribution >= 0.6 is 11.3 Å². The molecule has 0 fully saturated rings. The van der Waals surface area contributed by atoms with Gasteiger partial charge in [0.15, 0.2) is 0 Å². The monoisotopic (exact) mass is 246 g/mol. The van der Waals surface area contributed by atoms with Crippen molar-refractivity contribution in [2.24, 2.45) is 0 Å². The second kappa shape index (κ2) is 5.15. The maximum Gasteiger partial charge on any atom is 0.311 e. The molecule has 1 N–H and O–H groups in total. The van der Waals surface area contributed by atoms with Crippen molar-refractivity contribution in [3.63, 3.8) is 0 Å². The fourth-order valence-electron chi connectivity index (χ4n) is 1.94. The molecule has 2 aromatic rings. The van der Waals surface area contributed by atoms with Crippen molar-refractivity contribution < 1.29 is 9.90 Å². The molecule has 0 aliphatic rings. The highest BCUT2D eigenvalue weighted by Gasteiger charge is 2.21. The van der Waals surface area contributed by atoms with E-state index < -0.39 is 11.9 Å². The second-order valence-electron chi connectivity index (χ2n) is 4.03. The van der Waals surface area contributed by atoms with E-state index in [-0.39, 0.29) is 0 Å². The maximum atomic E-state index is 11.4. The third-order valence-corrected chi connectivity index (χ3v) is 3.75. The lowest BCUT2D eigenvalue weighted by Gasteiger charge is -2.14. The molecule has 0 bridgehead atoms. The standard InChI is InChI=1S/C14H14O2S/c1-10-5-2-3-7-12(10)13(14(15)16)9-11-6-4-8-17-11/h2-8,13H,9H2,1H3,(H,15,16). The maximum absolute atomic E-state index is 11.4. The van der Waals surface area contributed by atoms with E-state index in [1.54, 1.807) is 11.3 Å². The van der Waals surface area contributed by atoms with Gasteiger partial charge in [-0.05, 0) is 35.9 Å². The summed E-state index contributed by atoms with van der Waals surface area (Å²) in [6.45, 7) is 1.96. The lowest BCUT2D eigenvalue weighted by atomic mass is 9.91. The second-order valence-corrected chi connectivity index (χ2v) is 5.06. The Morgan fingerprint density at radius 2 is 2.06 bits per heavy atom. The Morgan fingerprint density at radius 1 is 1.29 bits per heavy atom. The first-order valence-corrected chi connectivity index (χ1v) is 6.37.